The molecule has 0 bridgehead atoms. The maximum Gasteiger partial charge on any atom is 0.191 e. The van der Waals surface area contributed by atoms with E-state index in [9.17, 15) is 20.1 Å². The van der Waals surface area contributed by atoms with Gasteiger partial charge in [-0.05, 0) is 12.8 Å². The summed E-state index contributed by atoms with van der Waals surface area (Å²) in [6.45, 7) is 1.60. The standard InChI is InChI=1S/C16H25ClN4O6S/c1-2-5-28-16-20-13(17)10(18)14(21-16)19-7-6-9(12(24)11(7)23)27-8(3-4-22)15(25)26/h7-9,11-12,22-24H,2-6,18H2,1H3,(H,25,26)(H,19,20,21)/p-1/t7-,8?,9-,11-,12+/m0/s1. The van der Waals surface area contributed by atoms with Crippen LogP contribution in [0, 0.1) is 0 Å². The third-order valence-corrected chi connectivity index (χ3v) is 5.60. The highest BCUT2D eigenvalue weighted by Gasteiger charge is 2.43. The first-order valence-electron chi connectivity index (χ1n) is 8.84. The molecule has 6 N–H and O–H groups in total. The van der Waals surface area contributed by atoms with Crippen LogP contribution < -0.4 is 16.2 Å². The fourth-order valence-corrected chi connectivity index (χ4v) is 3.72. The van der Waals surface area contributed by atoms with E-state index in [2.05, 4.69) is 15.3 Å². The van der Waals surface area contributed by atoms with Crippen LogP contribution in [0.4, 0.5) is 11.5 Å². The van der Waals surface area contributed by atoms with E-state index in [4.69, 9.17) is 27.2 Å². The Hall–Kier alpha value is -1.37. The lowest BCUT2D eigenvalue weighted by atomic mass is 10.2. The van der Waals surface area contributed by atoms with Crippen molar-refractivity contribution < 1.29 is 30.0 Å². The minimum Gasteiger partial charge on any atom is -0.547 e. The number of hydrogen-bond acceptors (Lipinski definition) is 11. The number of carboxylic acid groups (broad SMARTS) is 1. The summed E-state index contributed by atoms with van der Waals surface area (Å²) in [6.07, 6.45) is -4.17. The summed E-state index contributed by atoms with van der Waals surface area (Å²) in [7, 11) is 0. The van der Waals surface area contributed by atoms with Gasteiger partial charge in [-0.25, -0.2) is 9.97 Å². The number of nitrogens with zero attached hydrogens (tertiary/aromatic N) is 2. The van der Waals surface area contributed by atoms with Gasteiger partial charge in [-0.2, -0.15) is 0 Å². The number of rotatable bonds is 10. The number of hydrogen-bond donors (Lipinski definition) is 5. The number of ether oxygens (including phenoxy) is 1. The molecule has 1 aliphatic carbocycles. The molecule has 10 nitrogen and oxygen atoms in total. The minimum absolute atomic E-state index is 0.0666. The van der Waals surface area contributed by atoms with Crippen molar-refractivity contribution in [3.8, 4) is 0 Å². The monoisotopic (exact) mass is 435 g/mol. The number of halogens is 1. The Bertz CT molecular complexity index is 685. The molecule has 158 valence electrons. The predicted molar refractivity (Wildman–Crippen MR) is 102 cm³/mol. The average molecular weight is 436 g/mol. The number of nitrogens with two attached hydrogens (primary N) is 1. The number of aliphatic hydroxyl groups excluding tert-OH is 3. The van der Waals surface area contributed by atoms with Crippen molar-refractivity contribution in [2.45, 2.75) is 61.8 Å². The number of aliphatic carboxylic acids is 1. The van der Waals surface area contributed by atoms with E-state index in [0.29, 0.717) is 5.16 Å². The highest BCUT2D eigenvalue weighted by molar-refractivity contribution is 7.99. The maximum atomic E-state index is 11.1. The van der Waals surface area contributed by atoms with E-state index in [1.165, 1.54) is 11.8 Å². The zero-order valence-corrected chi connectivity index (χ0v) is 16.8. The molecule has 1 saturated carbocycles. The van der Waals surface area contributed by atoms with Crippen LogP contribution >= 0.6 is 23.4 Å². The topological polar surface area (TPSA) is 174 Å². The number of aliphatic hydroxyl groups is 3. The van der Waals surface area contributed by atoms with Gasteiger partial charge in [-0.15, -0.1) is 0 Å². The van der Waals surface area contributed by atoms with Crippen molar-refractivity contribution in [3.63, 3.8) is 0 Å². The largest absolute Gasteiger partial charge is 0.547 e. The summed E-state index contributed by atoms with van der Waals surface area (Å²) in [5.74, 6) is -0.505. The molecule has 1 heterocycles. The average Bonchev–Trinajstić information content (AvgIpc) is 2.91. The van der Waals surface area contributed by atoms with Crippen LogP contribution in [-0.4, -0.2) is 74.1 Å². The van der Waals surface area contributed by atoms with Gasteiger partial charge in [0.15, 0.2) is 16.1 Å². The molecular weight excluding hydrogens is 412 g/mol. The van der Waals surface area contributed by atoms with Crippen molar-refractivity contribution in [1.29, 1.82) is 0 Å². The van der Waals surface area contributed by atoms with E-state index >= 15 is 0 Å². The molecule has 1 aliphatic rings. The van der Waals surface area contributed by atoms with E-state index in [-0.39, 0.29) is 29.5 Å². The van der Waals surface area contributed by atoms with Gasteiger partial charge in [-0.3, -0.25) is 0 Å². The van der Waals surface area contributed by atoms with Crippen LogP contribution in [0.15, 0.2) is 5.16 Å². The van der Waals surface area contributed by atoms with Gasteiger partial charge in [0.2, 0.25) is 0 Å². The molecule has 0 saturated heterocycles. The Morgan fingerprint density at radius 3 is 2.79 bits per heavy atom. The van der Waals surface area contributed by atoms with Crippen molar-refractivity contribution in [2.75, 3.05) is 23.4 Å². The van der Waals surface area contributed by atoms with Gasteiger partial charge in [-0.1, -0.05) is 30.3 Å². The van der Waals surface area contributed by atoms with Crippen LogP contribution in [0.2, 0.25) is 5.15 Å². The zero-order chi connectivity index (χ0) is 20.8. The Kier molecular flexibility index (Phi) is 8.53. The van der Waals surface area contributed by atoms with Gasteiger partial charge >= 0.3 is 0 Å². The summed E-state index contributed by atoms with van der Waals surface area (Å²) in [4.78, 5) is 19.5. The molecule has 0 amide bonds. The molecule has 28 heavy (non-hydrogen) atoms. The second kappa shape index (κ2) is 10.4. The first-order valence-corrected chi connectivity index (χ1v) is 10.2. The molecule has 0 radical (unpaired) electrons. The third kappa shape index (κ3) is 5.58. The van der Waals surface area contributed by atoms with E-state index in [0.717, 1.165) is 12.2 Å². The van der Waals surface area contributed by atoms with Crippen LogP contribution in [0.5, 0.6) is 0 Å². The number of thioether (sulfide) groups is 1. The summed E-state index contributed by atoms with van der Waals surface area (Å²) in [5, 5.41) is 44.0. The molecule has 2 rings (SSSR count). The molecule has 0 spiro atoms. The van der Waals surface area contributed by atoms with Gasteiger partial charge in [0.25, 0.3) is 0 Å². The SMILES string of the molecule is CCCSc1nc(Cl)c(N)c(N[C@H]2C[C@H](OC(CCO)C(=O)[O-])[C@@H](O)[C@H]2O)n1. The normalized spacial score (nSPS) is 25.6. The molecule has 0 aromatic carbocycles. The summed E-state index contributed by atoms with van der Waals surface area (Å²) < 4.78 is 5.33. The minimum atomic E-state index is -1.50. The highest BCUT2D eigenvalue weighted by Crippen LogP contribution is 2.32. The van der Waals surface area contributed by atoms with Gasteiger partial charge in [0.05, 0.1) is 24.2 Å². The molecule has 1 unspecified atom stereocenters. The summed E-state index contributed by atoms with van der Waals surface area (Å²) in [5.41, 5.74) is 6.01. The Morgan fingerprint density at radius 2 is 2.18 bits per heavy atom. The Labute approximate surface area is 171 Å². The van der Waals surface area contributed by atoms with E-state index < -0.39 is 43.0 Å². The lowest BCUT2D eigenvalue weighted by Gasteiger charge is -2.24. The molecule has 12 heteroatoms. The van der Waals surface area contributed by atoms with Crippen molar-refractivity contribution in [2.24, 2.45) is 0 Å². The van der Waals surface area contributed by atoms with E-state index in [1.54, 1.807) is 0 Å². The lowest BCUT2D eigenvalue weighted by molar-refractivity contribution is -0.319. The second-order valence-electron chi connectivity index (χ2n) is 6.37. The Balaban J connectivity index is 2.12. The quantitative estimate of drug-likeness (QED) is 0.173. The predicted octanol–water partition coefficient (Wildman–Crippen LogP) is -0.994. The fourth-order valence-electron chi connectivity index (χ4n) is 2.80. The maximum absolute atomic E-state index is 11.1. The number of carbonyl (C=O) groups is 1. The molecule has 0 aliphatic heterocycles. The molecule has 1 aromatic heterocycles. The van der Waals surface area contributed by atoms with Crippen molar-refractivity contribution in [3.05, 3.63) is 5.15 Å². The summed E-state index contributed by atoms with van der Waals surface area (Å²) >= 11 is 7.45. The molecule has 5 atom stereocenters. The second-order valence-corrected chi connectivity index (χ2v) is 7.79. The smallest absolute Gasteiger partial charge is 0.191 e. The van der Waals surface area contributed by atoms with Crippen LogP contribution in [-0.2, 0) is 9.53 Å². The number of nitrogen functional groups attached to an aromatic ring is 1. The van der Waals surface area contributed by atoms with Crippen LogP contribution in [0.3, 0.4) is 0 Å². The van der Waals surface area contributed by atoms with E-state index in [1.807, 2.05) is 6.92 Å². The van der Waals surface area contributed by atoms with Crippen LogP contribution in [0.25, 0.3) is 0 Å². The number of carboxylic acids is 1. The van der Waals surface area contributed by atoms with Crippen molar-refractivity contribution in [1.82, 2.24) is 9.97 Å². The van der Waals surface area contributed by atoms with Gasteiger partial charge in [0.1, 0.15) is 17.9 Å². The number of carbonyl (C=O) groups excluding carboxylic acids is 1. The number of anilines is 2. The zero-order valence-electron chi connectivity index (χ0n) is 15.2. The highest BCUT2D eigenvalue weighted by atomic mass is 35.5. The number of nitrogens with one attached hydrogen (secondary N) is 1. The molecular formula is C16H24ClN4O6S-. The van der Waals surface area contributed by atoms with Crippen molar-refractivity contribution >= 4 is 40.8 Å². The first kappa shape index (κ1) is 22.9. The van der Waals surface area contributed by atoms with Gasteiger partial charge in [0, 0.05) is 18.8 Å². The molecule has 1 aromatic rings. The number of aromatic nitrogens is 2. The van der Waals surface area contributed by atoms with Gasteiger partial charge < -0.3 is 41.0 Å². The third-order valence-electron chi connectivity index (χ3n) is 4.26. The van der Waals surface area contributed by atoms with Crippen LogP contribution in [0.1, 0.15) is 26.2 Å². The fraction of sp³-hybridized carbons (Fsp3) is 0.688. The lowest BCUT2D eigenvalue weighted by Crippen LogP contribution is -2.43. The Morgan fingerprint density at radius 1 is 1.46 bits per heavy atom. The first-order chi connectivity index (χ1) is 13.3. The molecule has 1 fully saturated rings. The summed E-state index contributed by atoms with van der Waals surface area (Å²) in [6, 6.07) is -0.714.